The summed E-state index contributed by atoms with van der Waals surface area (Å²) in [6, 6.07) is 7.79. The van der Waals surface area contributed by atoms with Gasteiger partial charge in [0.2, 0.25) is 5.91 Å². The van der Waals surface area contributed by atoms with Crippen molar-refractivity contribution in [3.63, 3.8) is 0 Å². The fourth-order valence-corrected chi connectivity index (χ4v) is 5.07. The number of ether oxygens (including phenoxy) is 2. The second-order valence-corrected chi connectivity index (χ2v) is 10.0. The summed E-state index contributed by atoms with van der Waals surface area (Å²) in [4.78, 5) is 32.1. The van der Waals surface area contributed by atoms with Gasteiger partial charge in [0.25, 0.3) is 0 Å². The molecule has 7 nitrogen and oxygen atoms in total. The highest BCUT2D eigenvalue weighted by Crippen LogP contribution is 2.38. The number of nitrogens with one attached hydrogen (secondary N) is 1. The third kappa shape index (κ3) is 6.57. The van der Waals surface area contributed by atoms with Crippen molar-refractivity contribution < 1.29 is 19.1 Å². The second kappa shape index (κ2) is 10.8. The van der Waals surface area contributed by atoms with Gasteiger partial charge in [0.1, 0.15) is 16.4 Å². The van der Waals surface area contributed by atoms with Crippen molar-refractivity contribution >= 4 is 35.1 Å². The van der Waals surface area contributed by atoms with Gasteiger partial charge in [0.05, 0.1) is 19.7 Å². The fraction of sp³-hybridized carbons (Fsp3) is 0.480. The van der Waals surface area contributed by atoms with Crippen molar-refractivity contribution in [1.29, 1.82) is 0 Å². The van der Waals surface area contributed by atoms with Gasteiger partial charge < -0.3 is 19.7 Å². The van der Waals surface area contributed by atoms with Crippen LogP contribution in [0, 0.1) is 0 Å². The lowest BCUT2D eigenvalue weighted by Crippen LogP contribution is -2.39. The Balaban J connectivity index is 1.69. The number of carbonyl (C=O) groups excluding carboxylic acids is 2. The third-order valence-electron chi connectivity index (χ3n) is 5.23. The van der Waals surface area contributed by atoms with Crippen LogP contribution >= 0.6 is 11.3 Å². The van der Waals surface area contributed by atoms with Crippen molar-refractivity contribution in [2.24, 2.45) is 4.99 Å². The molecule has 33 heavy (non-hydrogen) atoms. The van der Waals surface area contributed by atoms with Gasteiger partial charge in [-0.05, 0) is 64.4 Å². The van der Waals surface area contributed by atoms with E-state index >= 15 is 0 Å². The van der Waals surface area contributed by atoms with Gasteiger partial charge in [-0.15, -0.1) is 11.3 Å². The van der Waals surface area contributed by atoms with Gasteiger partial charge in [0, 0.05) is 23.4 Å². The maximum atomic E-state index is 12.8. The van der Waals surface area contributed by atoms with Crippen LogP contribution in [-0.4, -0.2) is 42.4 Å². The predicted octanol–water partition coefficient (Wildman–Crippen LogP) is 5.21. The van der Waals surface area contributed by atoms with Crippen LogP contribution in [0.3, 0.4) is 0 Å². The van der Waals surface area contributed by atoms with E-state index < -0.39 is 5.60 Å². The number of fused-ring (bicyclic) bond motifs is 1. The predicted molar refractivity (Wildman–Crippen MR) is 132 cm³/mol. The minimum Gasteiger partial charge on any atom is -0.494 e. The van der Waals surface area contributed by atoms with Crippen LogP contribution < -0.4 is 10.1 Å². The molecule has 1 N–H and O–H groups in total. The number of benzene rings is 1. The van der Waals surface area contributed by atoms with Crippen LogP contribution in [0.1, 0.15) is 55.7 Å². The molecule has 3 rings (SSSR count). The van der Waals surface area contributed by atoms with Gasteiger partial charge in [-0.2, -0.15) is 0 Å². The third-order valence-corrected chi connectivity index (χ3v) is 6.41. The van der Waals surface area contributed by atoms with E-state index in [2.05, 4.69) is 17.0 Å². The van der Waals surface area contributed by atoms with Crippen molar-refractivity contribution in [3.8, 4) is 5.75 Å². The van der Waals surface area contributed by atoms with Crippen LogP contribution in [0.25, 0.3) is 0 Å². The van der Waals surface area contributed by atoms with Crippen LogP contribution in [0.2, 0.25) is 0 Å². The molecule has 2 aromatic rings. The number of thiophene rings is 1. The Bertz CT molecular complexity index is 1010. The number of amides is 2. The van der Waals surface area contributed by atoms with E-state index in [0.717, 1.165) is 32.3 Å². The van der Waals surface area contributed by atoms with Crippen molar-refractivity contribution in [2.75, 3.05) is 18.5 Å². The molecule has 1 aromatic carbocycles. The summed E-state index contributed by atoms with van der Waals surface area (Å²) in [5, 5.41) is 3.87. The maximum Gasteiger partial charge on any atom is 0.410 e. The van der Waals surface area contributed by atoms with E-state index in [1.165, 1.54) is 11.3 Å². The van der Waals surface area contributed by atoms with Crippen molar-refractivity contribution in [3.05, 3.63) is 45.8 Å². The van der Waals surface area contributed by atoms with E-state index in [9.17, 15) is 9.59 Å². The van der Waals surface area contributed by atoms with Gasteiger partial charge in [-0.25, -0.2) is 4.79 Å². The Morgan fingerprint density at radius 1 is 1.27 bits per heavy atom. The molecule has 1 aromatic heterocycles. The topological polar surface area (TPSA) is 80.2 Å². The van der Waals surface area contributed by atoms with Gasteiger partial charge in [-0.3, -0.25) is 9.79 Å². The average molecular weight is 472 g/mol. The highest BCUT2D eigenvalue weighted by Gasteiger charge is 2.29. The van der Waals surface area contributed by atoms with E-state index in [1.54, 1.807) is 4.90 Å². The summed E-state index contributed by atoms with van der Waals surface area (Å²) >= 11 is 1.51. The molecule has 0 atom stereocenters. The van der Waals surface area contributed by atoms with E-state index in [1.807, 2.05) is 52.0 Å². The number of nitrogens with zero attached hydrogens (tertiary/aromatic N) is 2. The van der Waals surface area contributed by atoms with Crippen LogP contribution in [0.15, 0.2) is 29.3 Å². The first kappa shape index (κ1) is 24.8. The summed E-state index contributed by atoms with van der Waals surface area (Å²) in [6.07, 6.45) is 1.32. The molecule has 0 aliphatic carbocycles. The minimum absolute atomic E-state index is 0.0609. The highest BCUT2D eigenvalue weighted by molar-refractivity contribution is 7.16. The molecular formula is C25H33N3O4S. The summed E-state index contributed by atoms with van der Waals surface area (Å²) in [5.41, 5.74) is 2.63. The first-order chi connectivity index (χ1) is 15.7. The van der Waals surface area contributed by atoms with E-state index in [-0.39, 0.29) is 12.0 Å². The van der Waals surface area contributed by atoms with Gasteiger partial charge in [0.15, 0.2) is 0 Å². The normalized spacial score (nSPS) is 13.3. The smallest absolute Gasteiger partial charge is 0.410 e. The molecule has 8 heteroatoms. The Morgan fingerprint density at radius 2 is 2.03 bits per heavy atom. The Kier molecular flexibility index (Phi) is 8.13. The van der Waals surface area contributed by atoms with Crippen molar-refractivity contribution in [2.45, 2.75) is 65.6 Å². The van der Waals surface area contributed by atoms with Gasteiger partial charge >= 0.3 is 6.09 Å². The molecule has 2 amide bonds. The molecule has 0 saturated heterocycles. The summed E-state index contributed by atoms with van der Waals surface area (Å²) in [5.74, 6) is 0.757. The molecule has 0 spiro atoms. The number of carbonyl (C=O) groups is 2. The molecular weight excluding hydrogens is 438 g/mol. The number of hydrogen-bond acceptors (Lipinski definition) is 6. The van der Waals surface area contributed by atoms with Crippen molar-refractivity contribution in [1.82, 2.24) is 4.90 Å². The first-order valence-electron chi connectivity index (χ1n) is 11.3. The SMILES string of the molecule is C=NCc1c(NC(=O)CCc2ccccc2OCC)sc2c1CCN(C(=O)OC(C)(C)C)C2. The second-order valence-electron chi connectivity index (χ2n) is 8.93. The number of hydrogen-bond donors (Lipinski definition) is 1. The molecule has 1 aliphatic heterocycles. The molecule has 0 fully saturated rings. The average Bonchev–Trinajstić information content (AvgIpc) is 3.08. The Hall–Kier alpha value is -2.87. The monoisotopic (exact) mass is 471 g/mol. The van der Waals surface area contributed by atoms with Crippen LogP contribution in [-0.2, 0) is 35.5 Å². The Morgan fingerprint density at radius 3 is 2.73 bits per heavy atom. The molecule has 2 heterocycles. The summed E-state index contributed by atoms with van der Waals surface area (Å²) in [6.45, 7) is 13.2. The lowest BCUT2D eigenvalue weighted by Gasteiger charge is -2.30. The Labute approximate surface area is 199 Å². The quantitative estimate of drug-likeness (QED) is 0.536. The molecule has 0 saturated carbocycles. The zero-order valence-corrected chi connectivity index (χ0v) is 20.7. The molecule has 0 bridgehead atoms. The number of aliphatic imine (C=N–C) groups is 1. The summed E-state index contributed by atoms with van der Waals surface area (Å²) in [7, 11) is 0. The van der Waals surface area contributed by atoms with E-state index in [0.29, 0.717) is 45.5 Å². The lowest BCUT2D eigenvalue weighted by atomic mass is 10.0. The molecule has 0 radical (unpaired) electrons. The zero-order chi connectivity index (χ0) is 24.0. The molecule has 1 aliphatic rings. The highest BCUT2D eigenvalue weighted by atomic mass is 32.1. The van der Waals surface area contributed by atoms with E-state index in [4.69, 9.17) is 9.47 Å². The first-order valence-corrected chi connectivity index (χ1v) is 12.1. The minimum atomic E-state index is -0.537. The number of aryl methyl sites for hydroxylation is 1. The number of para-hydroxylation sites is 1. The maximum absolute atomic E-state index is 12.8. The molecule has 178 valence electrons. The lowest BCUT2D eigenvalue weighted by molar-refractivity contribution is -0.116. The largest absolute Gasteiger partial charge is 0.494 e. The van der Waals surface area contributed by atoms with Crippen LogP contribution in [0.5, 0.6) is 5.75 Å². The standard InChI is InChI=1S/C25H33N3O4S/c1-6-31-20-10-8-7-9-17(20)11-12-22(29)27-23-19(15-26-5)18-13-14-28(16-21(18)33-23)24(30)32-25(2,3)4/h7-10H,5-6,11-16H2,1-4H3,(H,27,29). The number of rotatable bonds is 8. The molecule has 0 unspecified atom stereocenters. The van der Waals surface area contributed by atoms with Gasteiger partial charge in [-0.1, -0.05) is 18.2 Å². The number of anilines is 1. The fourth-order valence-electron chi connectivity index (χ4n) is 3.78. The van der Waals surface area contributed by atoms with Crippen LogP contribution in [0.4, 0.5) is 9.80 Å². The summed E-state index contributed by atoms with van der Waals surface area (Å²) < 4.78 is 11.2. The zero-order valence-electron chi connectivity index (χ0n) is 19.9.